The highest BCUT2D eigenvalue weighted by atomic mass is 16.5. The average molecular weight is 285 g/mol. The van der Waals surface area contributed by atoms with Gasteiger partial charge in [-0.2, -0.15) is 0 Å². The monoisotopic (exact) mass is 285 g/mol. The van der Waals surface area contributed by atoms with Crippen LogP contribution in [0.25, 0.3) is 0 Å². The summed E-state index contributed by atoms with van der Waals surface area (Å²) in [4.78, 5) is 22.9. The van der Waals surface area contributed by atoms with E-state index < -0.39 is 24.0 Å². The van der Waals surface area contributed by atoms with Gasteiger partial charge in [0.2, 0.25) is 5.91 Å². The first-order valence-corrected chi connectivity index (χ1v) is 6.92. The Hall–Kier alpha value is -1.40. The average Bonchev–Trinajstić information content (AvgIpc) is 2.93. The van der Waals surface area contributed by atoms with E-state index in [0.717, 1.165) is 19.4 Å². The molecule has 2 N–H and O–H groups in total. The Bertz CT molecular complexity index is 338. The molecule has 0 aliphatic carbocycles. The maximum absolute atomic E-state index is 11.9. The first kappa shape index (κ1) is 16.7. The number of ether oxygens (including phenoxy) is 2. The number of carboxylic acid groups (broad SMARTS) is 1. The largest absolute Gasteiger partial charge is 0.480 e. The molecule has 0 spiro atoms. The number of carboxylic acids is 1. The molecule has 3 unspecified atom stereocenters. The molecule has 0 aromatic carbocycles. The normalized spacial score (nSPS) is 21.1. The van der Waals surface area contributed by atoms with Crippen molar-refractivity contribution in [1.82, 2.24) is 5.32 Å². The van der Waals surface area contributed by atoms with Crippen molar-refractivity contribution < 1.29 is 24.2 Å². The van der Waals surface area contributed by atoms with Crippen LogP contribution in [0.5, 0.6) is 0 Å². The fraction of sp³-hybridized carbons (Fsp3) is 0.714. The van der Waals surface area contributed by atoms with Crippen LogP contribution in [0.4, 0.5) is 0 Å². The Morgan fingerprint density at radius 2 is 2.35 bits per heavy atom. The molecule has 1 fully saturated rings. The quantitative estimate of drug-likeness (QED) is 0.620. The summed E-state index contributed by atoms with van der Waals surface area (Å²) in [6.45, 7) is 6.24. The summed E-state index contributed by atoms with van der Waals surface area (Å²) < 4.78 is 10.8. The number of carbonyl (C=O) groups excluding carboxylic acids is 1. The molecule has 1 aliphatic heterocycles. The van der Waals surface area contributed by atoms with E-state index in [1.165, 1.54) is 0 Å². The molecule has 1 saturated heterocycles. The number of amides is 1. The zero-order valence-corrected chi connectivity index (χ0v) is 11.8. The van der Waals surface area contributed by atoms with E-state index in [2.05, 4.69) is 11.9 Å². The second-order valence-electron chi connectivity index (χ2n) is 4.88. The van der Waals surface area contributed by atoms with Crippen LogP contribution < -0.4 is 5.32 Å². The Balaban J connectivity index is 2.33. The van der Waals surface area contributed by atoms with Crippen LogP contribution in [-0.4, -0.2) is 48.4 Å². The van der Waals surface area contributed by atoms with Crippen molar-refractivity contribution in [2.45, 2.75) is 50.9 Å². The van der Waals surface area contributed by atoms with Crippen LogP contribution in [0.1, 0.15) is 32.6 Å². The molecule has 0 radical (unpaired) electrons. The number of carbonyl (C=O) groups is 2. The second-order valence-corrected chi connectivity index (χ2v) is 4.88. The number of aliphatic carboxylic acids is 1. The lowest BCUT2D eigenvalue weighted by atomic mass is 10.1. The predicted molar refractivity (Wildman–Crippen MR) is 73.4 cm³/mol. The summed E-state index contributed by atoms with van der Waals surface area (Å²) >= 11 is 0. The van der Waals surface area contributed by atoms with Gasteiger partial charge in [-0.25, -0.2) is 4.79 Å². The molecular weight excluding hydrogens is 262 g/mol. The molecule has 20 heavy (non-hydrogen) atoms. The first-order chi connectivity index (χ1) is 9.54. The maximum atomic E-state index is 11.9. The highest BCUT2D eigenvalue weighted by Gasteiger charge is 2.24. The molecule has 0 saturated carbocycles. The van der Waals surface area contributed by atoms with Gasteiger partial charge in [-0.15, -0.1) is 6.58 Å². The number of rotatable bonds is 9. The van der Waals surface area contributed by atoms with Crippen LogP contribution >= 0.6 is 0 Å². The number of nitrogens with one attached hydrogen (secondary N) is 1. The lowest BCUT2D eigenvalue weighted by molar-refractivity contribution is -0.144. The molecule has 0 aromatic rings. The molecule has 1 rings (SSSR count). The minimum atomic E-state index is -1.05. The van der Waals surface area contributed by atoms with Crippen molar-refractivity contribution in [2.75, 3.05) is 13.2 Å². The molecule has 0 bridgehead atoms. The van der Waals surface area contributed by atoms with Gasteiger partial charge in [0.15, 0.2) is 0 Å². The molecule has 3 atom stereocenters. The van der Waals surface area contributed by atoms with E-state index in [-0.39, 0.29) is 6.10 Å². The Labute approximate surface area is 119 Å². The molecule has 0 aromatic heterocycles. The first-order valence-electron chi connectivity index (χ1n) is 6.92. The van der Waals surface area contributed by atoms with E-state index in [9.17, 15) is 9.59 Å². The van der Waals surface area contributed by atoms with Gasteiger partial charge in [0.1, 0.15) is 12.1 Å². The van der Waals surface area contributed by atoms with Crippen molar-refractivity contribution in [3.63, 3.8) is 0 Å². The Morgan fingerprint density at radius 3 is 2.90 bits per heavy atom. The van der Waals surface area contributed by atoms with Crippen LogP contribution in [0.15, 0.2) is 12.7 Å². The maximum Gasteiger partial charge on any atom is 0.326 e. The van der Waals surface area contributed by atoms with Gasteiger partial charge in [-0.05, 0) is 32.6 Å². The highest BCUT2D eigenvalue weighted by Crippen LogP contribution is 2.12. The summed E-state index contributed by atoms with van der Waals surface area (Å²) in [6, 6.07) is -0.908. The summed E-state index contributed by atoms with van der Waals surface area (Å²) in [5.41, 5.74) is 0. The fourth-order valence-corrected chi connectivity index (χ4v) is 1.93. The number of allylic oxidation sites excluding steroid dienone is 1. The summed E-state index contributed by atoms with van der Waals surface area (Å²) in [5.74, 6) is -1.47. The second kappa shape index (κ2) is 8.71. The van der Waals surface area contributed by atoms with E-state index >= 15 is 0 Å². The molecule has 6 heteroatoms. The van der Waals surface area contributed by atoms with Crippen LogP contribution in [0, 0.1) is 0 Å². The summed E-state index contributed by atoms with van der Waals surface area (Å²) in [6.07, 6.45) is 3.78. The van der Waals surface area contributed by atoms with Crippen molar-refractivity contribution in [3.8, 4) is 0 Å². The van der Waals surface area contributed by atoms with Crippen molar-refractivity contribution >= 4 is 11.9 Å². The standard InChI is InChI=1S/C14H23NO5/c1-3-4-7-12(14(17)18)15-13(16)10(2)20-9-11-6-5-8-19-11/h3,10-12H,1,4-9H2,2H3,(H,15,16)(H,17,18). The lowest BCUT2D eigenvalue weighted by Crippen LogP contribution is -2.45. The fourth-order valence-electron chi connectivity index (χ4n) is 1.93. The molecule has 1 amide bonds. The third-order valence-corrected chi connectivity index (χ3v) is 3.20. The Kier molecular flexibility index (Phi) is 7.25. The SMILES string of the molecule is C=CCCC(NC(=O)C(C)OCC1CCCO1)C(=O)O. The van der Waals surface area contributed by atoms with Gasteiger partial charge in [0.05, 0.1) is 12.7 Å². The minimum absolute atomic E-state index is 0.0429. The third kappa shape index (κ3) is 5.71. The zero-order chi connectivity index (χ0) is 15.0. The smallest absolute Gasteiger partial charge is 0.326 e. The predicted octanol–water partition coefficient (Wildman–Crippen LogP) is 1.11. The third-order valence-electron chi connectivity index (χ3n) is 3.20. The number of hydrogen-bond donors (Lipinski definition) is 2. The number of hydrogen-bond acceptors (Lipinski definition) is 4. The van der Waals surface area contributed by atoms with Crippen molar-refractivity contribution in [1.29, 1.82) is 0 Å². The van der Waals surface area contributed by atoms with Crippen LogP contribution in [0.2, 0.25) is 0 Å². The summed E-state index contributed by atoms with van der Waals surface area (Å²) in [7, 11) is 0. The topological polar surface area (TPSA) is 84.9 Å². The van der Waals surface area contributed by atoms with E-state index in [4.69, 9.17) is 14.6 Å². The van der Waals surface area contributed by atoms with Crippen molar-refractivity contribution in [2.24, 2.45) is 0 Å². The van der Waals surface area contributed by atoms with Crippen LogP contribution in [0.3, 0.4) is 0 Å². The van der Waals surface area contributed by atoms with Gasteiger partial charge >= 0.3 is 5.97 Å². The van der Waals surface area contributed by atoms with Gasteiger partial charge < -0.3 is 19.9 Å². The molecular formula is C14H23NO5. The van der Waals surface area contributed by atoms with Gasteiger partial charge in [0.25, 0.3) is 0 Å². The van der Waals surface area contributed by atoms with Crippen LogP contribution in [-0.2, 0) is 19.1 Å². The van der Waals surface area contributed by atoms with E-state index in [0.29, 0.717) is 19.4 Å². The minimum Gasteiger partial charge on any atom is -0.480 e. The van der Waals surface area contributed by atoms with Gasteiger partial charge in [0, 0.05) is 6.61 Å². The highest BCUT2D eigenvalue weighted by molar-refractivity contribution is 5.86. The summed E-state index contributed by atoms with van der Waals surface area (Å²) in [5, 5.41) is 11.5. The molecule has 6 nitrogen and oxygen atoms in total. The van der Waals surface area contributed by atoms with E-state index in [1.807, 2.05) is 0 Å². The van der Waals surface area contributed by atoms with Gasteiger partial charge in [-0.3, -0.25) is 4.79 Å². The molecule has 1 heterocycles. The lowest BCUT2D eigenvalue weighted by Gasteiger charge is -2.19. The zero-order valence-electron chi connectivity index (χ0n) is 11.8. The van der Waals surface area contributed by atoms with Gasteiger partial charge in [-0.1, -0.05) is 6.08 Å². The Morgan fingerprint density at radius 1 is 1.60 bits per heavy atom. The molecule has 114 valence electrons. The molecule has 1 aliphatic rings. The van der Waals surface area contributed by atoms with E-state index in [1.54, 1.807) is 13.0 Å². The van der Waals surface area contributed by atoms with Crippen molar-refractivity contribution in [3.05, 3.63) is 12.7 Å².